The van der Waals surface area contributed by atoms with E-state index in [1.807, 2.05) is 0 Å². The van der Waals surface area contributed by atoms with Crippen molar-refractivity contribution in [2.45, 2.75) is 277 Å². The smallest absolute Gasteiger partial charge is 0.306 e. The van der Waals surface area contributed by atoms with Gasteiger partial charge in [0.05, 0.1) is 0 Å². The molecule has 0 aromatic rings. The molecule has 0 aromatic heterocycles. The molecule has 1 atom stereocenters. The van der Waals surface area contributed by atoms with Gasteiger partial charge in [-0.1, -0.05) is 210 Å². The lowest BCUT2D eigenvalue weighted by Gasteiger charge is -2.18. The third-order valence-electron chi connectivity index (χ3n) is 11.7. The minimum atomic E-state index is -0.790. The Balaban J connectivity index is 4.42. The monoisotopic (exact) mass is 895 g/mol. The van der Waals surface area contributed by atoms with Gasteiger partial charge < -0.3 is 14.2 Å². The van der Waals surface area contributed by atoms with Gasteiger partial charge >= 0.3 is 17.9 Å². The molecule has 0 spiro atoms. The van der Waals surface area contributed by atoms with Crippen LogP contribution in [0.1, 0.15) is 271 Å². The molecule has 0 heterocycles. The fourth-order valence-corrected chi connectivity index (χ4v) is 7.62. The van der Waals surface area contributed by atoms with Crippen LogP contribution in [0.4, 0.5) is 0 Å². The molecule has 6 heteroatoms. The highest BCUT2D eigenvalue weighted by Crippen LogP contribution is 2.14. The molecule has 0 saturated carbocycles. The second-order valence-electron chi connectivity index (χ2n) is 18.1. The highest BCUT2D eigenvalue weighted by molar-refractivity contribution is 5.71. The first-order chi connectivity index (χ1) is 31.5. The second kappa shape index (κ2) is 52.7. The third-order valence-corrected chi connectivity index (χ3v) is 11.7. The van der Waals surface area contributed by atoms with E-state index in [0.29, 0.717) is 19.3 Å². The average Bonchev–Trinajstić information content (AvgIpc) is 3.29. The van der Waals surface area contributed by atoms with Crippen molar-refractivity contribution in [3.63, 3.8) is 0 Å². The van der Waals surface area contributed by atoms with E-state index in [4.69, 9.17) is 14.2 Å². The molecule has 0 amide bonds. The zero-order chi connectivity index (χ0) is 46.5. The van der Waals surface area contributed by atoms with Crippen molar-refractivity contribution in [3.05, 3.63) is 60.8 Å². The van der Waals surface area contributed by atoms with Gasteiger partial charge in [-0.2, -0.15) is 0 Å². The van der Waals surface area contributed by atoms with Crippen LogP contribution in [-0.4, -0.2) is 37.2 Å². The number of unbranched alkanes of at least 4 members (excludes halogenated alkanes) is 28. The highest BCUT2D eigenvalue weighted by atomic mass is 16.6. The van der Waals surface area contributed by atoms with Gasteiger partial charge in [-0.05, 0) is 103 Å². The molecule has 0 aliphatic heterocycles. The predicted octanol–water partition coefficient (Wildman–Crippen LogP) is 18.0. The Morgan fingerprint density at radius 1 is 0.328 bits per heavy atom. The fraction of sp³-hybridized carbons (Fsp3) is 0.776. The van der Waals surface area contributed by atoms with E-state index in [1.165, 1.54) is 122 Å². The molecule has 0 aromatic carbocycles. The molecular formula is C58H102O6. The van der Waals surface area contributed by atoms with E-state index >= 15 is 0 Å². The van der Waals surface area contributed by atoms with E-state index in [2.05, 4.69) is 81.5 Å². The zero-order valence-electron chi connectivity index (χ0n) is 42.3. The van der Waals surface area contributed by atoms with Crippen LogP contribution in [0.25, 0.3) is 0 Å². The Kier molecular flexibility index (Phi) is 50.4. The Labute approximate surface area is 396 Å². The largest absolute Gasteiger partial charge is 0.462 e. The number of esters is 3. The Morgan fingerprint density at radius 3 is 0.969 bits per heavy atom. The molecular weight excluding hydrogens is 793 g/mol. The van der Waals surface area contributed by atoms with Gasteiger partial charge in [-0.25, -0.2) is 0 Å². The molecule has 0 aliphatic carbocycles. The molecule has 6 nitrogen and oxygen atoms in total. The summed E-state index contributed by atoms with van der Waals surface area (Å²) in [7, 11) is 0. The van der Waals surface area contributed by atoms with Crippen LogP contribution in [0.2, 0.25) is 0 Å². The van der Waals surface area contributed by atoms with Crippen LogP contribution >= 0.6 is 0 Å². The number of allylic oxidation sites excluding steroid dienone is 10. The van der Waals surface area contributed by atoms with Crippen molar-refractivity contribution in [3.8, 4) is 0 Å². The number of hydrogen-bond acceptors (Lipinski definition) is 6. The van der Waals surface area contributed by atoms with Gasteiger partial charge in [0, 0.05) is 19.3 Å². The Hall–Kier alpha value is -2.89. The van der Waals surface area contributed by atoms with Gasteiger partial charge in [0.15, 0.2) is 6.10 Å². The molecule has 0 aliphatic rings. The van der Waals surface area contributed by atoms with Crippen LogP contribution in [0.15, 0.2) is 60.8 Å². The number of carbonyl (C=O) groups excluding carboxylic acids is 3. The summed E-state index contributed by atoms with van der Waals surface area (Å²) in [5, 5.41) is 0. The van der Waals surface area contributed by atoms with Crippen molar-refractivity contribution >= 4 is 17.9 Å². The van der Waals surface area contributed by atoms with E-state index in [-0.39, 0.29) is 31.1 Å². The summed E-state index contributed by atoms with van der Waals surface area (Å²) < 4.78 is 16.8. The van der Waals surface area contributed by atoms with Crippen LogP contribution < -0.4 is 0 Å². The fourth-order valence-electron chi connectivity index (χ4n) is 7.62. The molecule has 0 radical (unpaired) electrons. The minimum Gasteiger partial charge on any atom is -0.462 e. The lowest BCUT2D eigenvalue weighted by molar-refractivity contribution is -0.167. The van der Waals surface area contributed by atoms with Crippen molar-refractivity contribution in [2.24, 2.45) is 0 Å². The second-order valence-corrected chi connectivity index (χ2v) is 18.1. The van der Waals surface area contributed by atoms with Gasteiger partial charge in [0.1, 0.15) is 13.2 Å². The summed E-state index contributed by atoms with van der Waals surface area (Å²) in [6.07, 6.45) is 64.9. The maximum atomic E-state index is 12.8. The summed E-state index contributed by atoms with van der Waals surface area (Å²) in [5.74, 6) is -0.921. The van der Waals surface area contributed by atoms with Crippen molar-refractivity contribution in [2.75, 3.05) is 13.2 Å². The number of ether oxygens (including phenoxy) is 3. The summed E-state index contributed by atoms with van der Waals surface area (Å²) in [6.45, 7) is 6.50. The van der Waals surface area contributed by atoms with Crippen molar-refractivity contribution < 1.29 is 28.6 Å². The standard InChI is InChI=1S/C58H102O6/c1-4-7-10-13-16-19-22-25-28-30-33-36-39-42-45-48-51-57(60)63-54-55(53-62-56(59)50-47-44-41-38-35-32-27-24-21-18-15-12-9-6-3)64-58(61)52-49-46-43-40-37-34-31-29-26-23-20-17-14-11-8-5-2/h9,12,18,21,27-32,55H,4-8,10-11,13-17,19-20,22-26,33-54H2,1-3H3/b12-9-,21-18-,30-28-,31-29-,32-27-. The molecule has 0 N–H and O–H groups in total. The molecule has 0 fully saturated rings. The van der Waals surface area contributed by atoms with Gasteiger partial charge in [0.25, 0.3) is 0 Å². The van der Waals surface area contributed by atoms with E-state index in [9.17, 15) is 14.4 Å². The van der Waals surface area contributed by atoms with E-state index < -0.39 is 6.10 Å². The van der Waals surface area contributed by atoms with Crippen LogP contribution in [-0.2, 0) is 28.6 Å². The van der Waals surface area contributed by atoms with E-state index in [0.717, 1.165) is 109 Å². The lowest BCUT2D eigenvalue weighted by Crippen LogP contribution is -2.30. The molecule has 64 heavy (non-hydrogen) atoms. The van der Waals surface area contributed by atoms with Crippen molar-refractivity contribution in [1.29, 1.82) is 0 Å². The molecule has 0 saturated heterocycles. The summed E-state index contributed by atoms with van der Waals surface area (Å²) in [6, 6.07) is 0. The number of rotatable bonds is 49. The maximum absolute atomic E-state index is 12.8. The summed E-state index contributed by atoms with van der Waals surface area (Å²) in [5.41, 5.74) is 0. The molecule has 0 rings (SSSR count). The summed E-state index contributed by atoms with van der Waals surface area (Å²) >= 11 is 0. The highest BCUT2D eigenvalue weighted by Gasteiger charge is 2.19. The minimum absolute atomic E-state index is 0.0886. The van der Waals surface area contributed by atoms with Gasteiger partial charge in [0.2, 0.25) is 0 Å². The average molecular weight is 895 g/mol. The van der Waals surface area contributed by atoms with Crippen LogP contribution in [0.3, 0.4) is 0 Å². The van der Waals surface area contributed by atoms with E-state index in [1.54, 1.807) is 0 Å². The normalized spacial score (nSPS) is 12.5. The topological polar surface area (TPSA) is 78.9 Å². The van der Waals surface area contributed by atoms with Crippen molar-refractivity contribution in [1.82, 2.24) is 0 Å². The predicted molar refractivity (Wildman–Crippen MR) is 275 cm³/mol. The quantitative estimate of drug-likeness (QED) is 0.0262. The number of carbonyl (C=O) groups is 3. The lowest BCUT2D eigenvalue weighted by atomic mass is 10.1. The summed E-state index contributed by atoms with van der Waals surface area (Å²) in [4.78, 5) is 38.0. The number of hydrogen-bond donors (Lipinski definition) is 0. The first-order valence-corrected chi connectivity index (χ1v) is 27.3. The van der Waals surface area contributed by atoms with Crippen LogP contribution in [0, 0.1) is 0 Å². The third kappa shape index (κ3) is 50.1. The Morgan fingerprint density at radius 2 is 0.609 bits per heavy atom. The molecule has 370 valence electrons. The zero-order valence-corrected chi connectivity index (χ0v) is 42.3. The van der Waals surface area contributed by atoms with Crippen LogP contribution in [0.5, 0.6) is 0 Å². The first kappa shape index (κ1) is 61.1. The Bertz CT molecular complexity index is 1170. The maximum Gasteiger partial charge on any atom is 0.306 e. The van der Waals surface area contributed by atoms with Gasteiger partial charge in [-0.3, -0.25) is 14.4 Å². The SMILES string of the molecule is CC/C=C\C/C=C\C/C=C\CCCCCCC(=O)OCC(COC(=O)CCCCCCC/C=C\CCCCCCCCC)OC(=O)CCCCCCC/C=C\CCCCCCCCC. The molecule has 1 unspecified atom stereocenters. The first-order valence-electron chi connectivity index (χ1n) is 27.3. The van der Waals surface area contributed by atoms with Gasteiger partial charge in [-0.15, -0.1) is 0 Å². The molecule has 0 bridgehead atoms.